The van der Waals surface area contributed by atoms with E-state index in [4.69, 9.17) is 25.8 Å². The van der Waals surface area contributed by atoms with Gasteiger partial charge in [-0.3, -0.25) is 4.79 Å². The first-order valence-corrected chi connectivity index (χ1v) is 9.63. The maximum Gasteiger partial charge on any atom is 0.231 e. The predicted octanol–water partition coefficient (Wildman–Crippen LogP) is 5.99. The van der Waals surface area contributed by atoms with E-state index >= 15 is 0 Å². The number of Topliss-reactive ketones (excluding diaryl/α,β-unsaturated/α-hetero) is 1. The van der Waals surface area contributed by atoms with Crippen LogP contribution in [-0.4, -0.2) is 12.9 Å². The van der Waals surface area contributed by atoms with Gasteiger partial charge in [-0.1, -0.05) is 29.8 Å². The van der Waals surface area contributed by atoms with Gasteiger partial charge in [0.1, 0.15) is 29.7 Å². The van der Waals surface area contributed by atoms with Crippen LogP contribution in [0.2, 0.25) is 5.02 Å². The first-order valence-electron chi connectivity index (χ1n) is 9.25. The number of fused-ring (bicyclic) bond motifs is 1. The summed E-state index contributed by atoms with van der Waals surface area (Å²) in [6.45, 7) is 1.76. The number of benzene rings is 3. The second kappa shape index (κ2) is 8.20. The van der Waals surface area contributed by atoms with Gasteiger partial charge in [0, 0.05) is 11.1 Å². The molecule has 3 aromatic carbocycles. The zero-order chi connectivity index (χ0) is 21.3. The molecule has 0 unspecified atom stereocenters. The van der Waals surface area contributed by atoms with Crippen molar-refractivity contribution in [2.24, 2.45) is 0 Å². The summed E-state index contributed by atoms with van der Waals surface area (Å²) in [5.74, 6) is 1.26. The van der Waals surface area contributed by atoms with Crippen LogP contribution in [0.5, 0.6) is 17.2 Å². The normalized spacial score (nSPS) is 13.9. The Bertz CT molecular complexity index is 1130. The number of ether oxygens (including phenoxy) is 3. The van der Waals surface area contributed by atoms with Crippen molar-refractivity contribution in [1.29, 1.82) is 0 Å². The number of allylic oxidation sites excluding steroid dienone is 1. The third-order valence-electron chi connectivity index (χ3n) is 4.88. The van der Waals surface area contributed by atoms with Crippen LogP contribution in [0.25, 0.3) is 6.08 Å². The monoisotopic (exact) mass is 424 g/mol. The Morgan fingerprint density at radius 2 is 1.87 bits per heavy atom. The Kier molecular flexibility index (Phi) is 5.46. The molecule has 0 saturated carbocycles. The molecule has 1 aliphatic heterocycles. The van der Waals surface area contributed by atoms with Crippen molar-refractivity contribution in [1.82, 2.24) is 0 Å². The van der Waals surface area contributed by atoms with Crippen LogP contribution in [0.3, 0.4) is 0 Å². The number of hydrogen-bond acceptors (Lipinski definition) is 4. The summed E-state index contributed by atoms with van der Waals surface area (Å²) in [4.78, 5) is 12.7. The van der Waals surface area contributed by atoms with E-state index in [2.05, 4.69) is 0 Å². The van der Waals surface area contributed by atoms with Gasteiger partial charge in [0.25, 0.3) is 0 Å². The molecule has 0 saturated heterocycles. The minimum Gasteiger partial charge on any atom is -0.497 e. The van der Waals surface area contributed by atoms with Gasteiger partial charge < -0.3 is 14.2 Å². The Labute approximate surface area is 178 Å². The minimum atomic E-state index is -0.433. The van der Waals surface area contributed by atoms with Crippen LogP contribution >= 0.6 is 11.6 Å². The SMILES string of the molecule is COc1ccc(/C=C2\Oc3c(ccc(OCc4c(F)cccc4Cl)c3C)C2=O)cc1. The highest BCUT2D eigenvalue weighted by Crippen LogP contribution is 2.39. The smallest absolute Gasteiger partial charge is 0.231 e. The van der Waals surface area contributed by atoms with Crippen molar-refractivity contribution in [2.45, 2.75) is 13.5 Å². The van der Waals surface area contributed by atoms with Crippen LogP contribution in [-0.2, 0) is 6.61 Å². The van der Waals surface area contributed by atoms with Gasteiger partial charge in [-0.2, -0.15) is 0 Å². The maximum absolute atomic E-state index is 14.0. The second-order valence-corrected chi connectivity index (χ2v) is 7.17. The molecule has 0 amide bonds. The lowest BCUT2D eigenvalue weighted by Gasteiger charge is -2.12. The third-order valence-corrected chi connectivity index (χ3v) is 5.24. The molecule has 0 N–H and O–H groups in total. The van der Waals surface area contributed by atoms with Crippen molar-refractivity contribution in [3.05, 3.63) is 93.5 Å². The van der Waals surface area contributed by atoms with Crippen LogP contribution < -0.4 is 14.2 Å². The van der Waals surface area contributed by atoms with E-state index in [9.17, 15) is 9.18 Å². The molecule has 3 aromatic rings. The summed E-state index contributed by atoms with van der Waals surface area (Å²) in [5.41, 5.74) is 2.21. The van der Waals surface area contributed by atoms with E-state index in [1.54, 1.807) is 38.3 Å². The summed E-state index contributed by atoms with van der Waals surface area (Å²) in [6.07, 6.45) is 1.68. The second-order valence-electron chi connectivity index (χ2n) is 6.77. The van der Waals surface area contributed by atoms with E-state index < -0.39 is 5.82 Å². The van der Waals surface area contributed by atoms with Crippen molar-refractivity contribution in [2.75, 3.05) is 7.11 Å². The number of carbonyl (C=O) groups is 1. The molecule has 4 rings (SSSR count). The zero-order valence-corrected chi connectivity index (χ0v) is 17.1. The molecule has 0 radical (unpaired) electrons. The number of ketones is 1. The highest BCUT2D eigenvalue weighted by molar-refractivity contribution is 6.31. The Morgan fingerprint density at radius 3 is 2.57 bits per heavy atom. The summed E-state index contributed by atoms with van der Waals surface area (Å²) in [6, 6.07) is 15.1. The fraction of sp³-hybridized carbons (Fsp3) is 0.125. The van der Waals surface area contributed by atoms with Crippen LogP contribution in [0, 0.1) is 12.7 Å². The minimum absolute atomic E-state index is 0.0341. The van der Waals surface area contributed by atoms with Crippen LogP contribution in [0.4, 0.5) is 4.39 Å². The number of halogens is 2. The fourth-order valence-corrected chi connectivity index (χ4v) is 3.41. The third kappa shape index (κ3) is 3.76. The van der Waals surface area contributed by atoms with Gasteiger partial charge in [0.2, 0.25) is 5.78 Å². The Balaban J connectivity index is 1.57. The van der Waals surface area contributed by atoms with Crippen LogP contribution in [0.15, 0.2) is 60.4 Å². The Morgan fingerprint density at radius 1 is 1.10 bits per heavy atom. The van der Waals surface area contributed by atoms with Gasteiger partial charge in [0.05, 0.1) is 17.7 Å². The van der Waals surface area contributed by atoms with Crippen molar-refractivity contribution >= 4 is 23.5 Å². The average Bonchev–Trinajstić information content (AvgIpc) is 3.06. The van der Waals surface area contributed by atoms with Gasteiger partial charge in [0.15, 0.2) is 5.76 Å². The lowest BCUT2D eigenvalue weighted by atomic mass is 10.1. The molecule has 1 aliphatic rings. The quantitative estimate of drug-likeness (QED) is 0.472. The van der Waals surface area contributed by atoms with Gasteiger partial charge in [-0.25, -0.2) is 4.39 Å². The molecule has 0 fully saturated rings. The van der Waals surface area contributed by atoms with Crippen molar-refractivity contribution in [3.8, 4) is 17.2 Å². The summed E-state index contributed by atoms with van der Waals surface area (Å²) in [5, 5.41) is 0.296. The largest absolute Gasteiger partial charge is 0.497 e. The molecule has 1 heterocycles. The molecule has 0 spiro atoms. The molecule has 0 aromatic heterocycles. The topological polar surface area (TPSA) is 44.8 Å². The molecule has 0 bridgehead atoms. The van der Waals surface area contributed by atoms with E-state index in [0.717, 1.165) is 11.3 Å². The number of rotatable bonds is 5. The predicted molar refractivity (Wildman–Crippen MR) is 113 cm³/mol. The molecule has 30 heavy (non-hydrogen) atoms. The molecule has 152 valence electrons. The lowest BCUT2D eigenvalue weighted by molar-refractivity contribution is 0.101. The first kappa shape index (κ1) is 20.0. The number of carbonyl (C=O) groups excluding carboxylic acids is 1. The van der Waals surface area contributed by atoms with Gasteiger partial charge in [-0.05, 0) is 55.0 Å². The zero-order valence-electron chi connectivity index (χ0n) is 16.4. The maximum atomic E-state index is 14.0. The average molecular weight is 425 g/mol. The van der Waals surface area contributed by atoms with Gasteiger partial charge >= 0.3 is 0 Å². The van der Waals surface area contributed by atoms with E-state index in [-0.39, 0.29) is 23.7 Å². The fourth-order valence-electron chi connectivity index (χ4n) is 3.20. The molecule has 4 nitrogen and oxygen atoms in total. The Hall–Kier alpha value is -3.31. The molecule has 0 atom stereocenters. The molecular weight excluding hydrogens is 407 g/mol. The van der Waals surface area contributed by atoms with Crippen molar-refractivity contribution < 1.29 is 23.4 Å². The standard InChI is InChI=1S/C24H18ClFO4/c1-14-21(29-13-18-19(25)4-3-5-20(18)26)11-10-17-23(27)22(30-24(14)17)12-15-6-8-16(28-2)9-7-15/h3-12H,13H2,1-2H3/b22-12-. The number of hydrogen-bond donors (Lipinski definition) is 0. The highest BCUT2D eigenvalue weighted by atomic mass is 35.5. The van der Waals surface area contributed by atoms with E-state index in [1.807, 2.05) is 24.3 Å². The summed E-state index contributed by atoms with van der Waals surface area (Å²) < 4.78 is 30.8. The van der Waals surface area contributed by atoms with E-state index in [0.29, 0.717) is 27.6 Å². The lowest BCUT2D eigenvalue weighted by Crippen LogP contribution is -2.01. The summed E-state index contributed by atoms with van der Waals surface area (Å²) in [7, 11) is 1.59. The van der Waals surface area contributed by atoms with Crippen molar-refractivity contribution in [3.63, 3.8) is 0 Å². The first-order chi connectivity index (χ1) is 14.5. The van der Waals surface area contributed by atoms with E-state index in [1.165, 1.54) is 12.1 Å². The number of methoxy groups -OCH3 is 1. The van der Waals surface area contributed by atoms with Crippen LogP contribution in [0.1, 0.15) is 27.0 Å². The molecular formula is C24H18ClFO4. The summed E-state index contributed by atoms with van der Waals surface area (Å²) >= 11 is 6.06. The highest BCUT2D eigenvalue weighted by Gasteiger charge is 2.30. The molecule has 0 aliphatic carbocycles. The van der Waals surface area contributed by atoms with Gasteiger partial charge in [-0.15, -0.1) is 0 Å². The molecule has 6 heteroatoms.